The summed E-state index contributed by atoms with van der Waals surface area (Å²) in [6, 6.07) is 6.35. The van der Waals surface area contributed by atoms with Gasteiger partial charge in [-0.1, -0.05) is 47.4 Å². The second kappa shape index (κ2) is 8.92. The molecular formula is C14H21BrClNO. The second-order valence-corrected chi connectivity index (χ2v) is 5.59. The van der Waals surface area contributed by atoms with Crippen molar-refractivity contribution in [2.24, 2.45) is 0 Å². The van der Waals surface area contributed by atoms with E-state index in [1.807, 2.05) is 12.1 Å². The summed E-state index contributed by atoms with van der Waals surface area (Å²) < 4.78 is 6.63. The van der Waals surface area contributed by atoms with Crippen LogP contribution in [0.5, 0.6) is 0 Å². The Morgan fingerprint density at radius 3 is 2.78 bits per heavy atom. The summed E-state index contributed by atoms with van der Waals surface area (Å²) in [5.74, 6) is 0. The van der Waals surface area contributed by atoms with E-state index in [9.17, 15) is 0 Å². The highest BCUT2D eigenvalue weighted by Crippen LogP contribution is 2.22. The van der Waals surface area contributed by atoms with E-state index in [0.717, 1.165) is 47.7 Å². The third kappa shape index (κ3) is 5.70. The molecular weight excluding hydrogens is 314 g/mol. The lowest BCUT2D eigenvalue weighted by Gasteiger charge is -2.18. The highest BCUT2D eigenvalue weighted by atomic mass is 79.9. The first kappa shape index (κ1) is 16.0. The fourth-order valence-corrected chi connectivity index (χ4v) is 2.55. The Morgan fingerprint density at radius 1 is 1.39 bits per heavy atom. The molecule has 0 aromatic heterocycles. The molecule has 1 atom stereocenters. The largest absolute Gasteiger partial charge is 0.380 e. The van der Waals surface area contributed by atoms with Gasteiger partial charge < -0.3 is 10.1 Å². The average Bonchev–Trinajstić information content (AvgIpc) is 2.33. The second-order valence-electron chi connectivity index (χ2n) is 4.27. The predicted molar refractivity (Wildman–Crippen MR) is 81.4 cm³/mol. The minimum Gasteiger partial charge on any atom is -0.380 e. The number of hydrogen-bond donors (Lipinski definition) is 1. The van der Waals surface area contributed by atoms with Crippen LogP contribution in [0.3, 0.4) is 0 Å². The van der Waals surface area contributed by atoms with Gasteiger partial charge in [0.25, 0.3) is 0 Å². The molecule has 0 aliphatic rings. The molecule has 0 heterocycles. The van der Waals surface area contributed by atoms with Crippen LogP contribution in [0.1, 0.15) is 25.8 Å². The maximum atomic E-state index is 6.24. The van der Waals surface area contributed by atoms with Crippen molar-refractivity contribution in [1.29, 1.82) is 0 Å². The molecule has 0 amide bonds. The molecule has 0 bridgehead atoms. The number of ether oxygens (including phenoxy) is 1. The zero-order valence-corrected chi connectivity index (χ0v) is 13.4. The van der Waals surface area contributed by atoms with E-state index in [1.54, 1.807) is 0 Å². The first-order valence-electron chi connectivity index (χ1n) is 6.42. The average molecular weight is 335 g/mol. The van der Waals surface area contributed by atoms with Crippen molar-refractivity contribution in [2.75, 3.05) is 19.8 Å². The van der Waals surface area contributed by atoms with Gasteiger partial charge in [-0.15, -0.1) is 0 Å². The third-order valence-corrected chi connectivity index (χ3v) is 3.49. The van der Waals surface area contributed by atoms with Gasteiger partial charge in [-0.3, -0.25) is 0 Å². The van der Waals surface area contributed by atoms with Crippen molar-refractivity contribution in [2.45, 2.75) is 32.7 Å². The van der Waals surface area contributed by atoms with Crippen molar-refractivity contribution in [3.05, 3.63) is 33.3 Å². The SMILES string of the molecule is CCCOCC(Cc1ccc(Br)cc1Cl)NCC. The van der Waals surface area contributed by atoms with Gasteiger partial charge in [0.1, 0.15) is 0 Å². The molecule has 0 aliphatic carbocycles. The van der Waals surface area contributed by atoms with Crippen LogP contribution in [0.25, 0.3) is 0 Å². The number of benzene rings is 1. The predicted octanol–water partition coefficient (Wildman–Crippen LogP) is 4.05. The summed E-state index contributed by atoms with van der Waals surface area (Å²) >= 11 is 9.66. The summed E-state index contributed by atoms with van der Waals surface area (Å²) in [6.07, 6.45) is 1.95. The molecule has 0 spiro atoms. The minimum atomic E-state index is 0.320. The monoisotopic (exact) mass is 333 g/mol. The lowest BCUT2D eigenvalue weighted by molar-refractivity contribution is 0.112. The fourth-order valence-electron chi connectivity index (χ4n) is 1.80. The van der Waals surface area contributed by atoms with Gasteiger partial charge in [-0.2, -0.15) is 0 Å². The Morgan fingerprint density at radius 2 is 2.17 bits per heavy atom. The van der Waals surface area contributed by atoms with Gasteiger partial charge >= 0.3 is 0 Å². The first-order chi connectivity index (χ1) is 8.67. The summed E-state index contributed by atoms with van der Waals surface area (Å²) in [7, 11) is 0. The number of likely N-dealkylation sites (N-methyl/N-ethyl adjacent to an activating group) is 1. The quantitative estimate of drug-likeness (QED) is 0.724. The van der Waals surface area contributed by atoms with Gasteiger partial charge in [0.2, 0.25) is 0 Å². The smallest absolute Gasteiger partial charge is 0.0622 e. The van der Waals surface area contributed by atoms with Gasteiger partial charge in [0.05, 0.1) is 6.61 Å². The van der Waals surface area contributed by atoms with Crippen LogP contribution in [0.4, 0.5) is 0 Å². The number of nitrogens with one attached hydrogen (secondary N) is 1. The molecule has 102 valence electrons. The maximum Gasteiger partial charge on any atom is 0.0622 e. The molecule has 1 N–H and O–H groups in total. The normalized spacial score (nSPS) is 12.7. The van der Waals surface area contributed by atoms with Crippen LogP contribution in [-0.4, -0.2) is 25.8 Å². The molecule has 1 unspecified atom stereocenters. The number of hydrogen-bond acceptors (Lipinski definition) is 2. The van der Waals surface area contributed by atoms with Crippen molar-refractivity contribution < 1.29 is 4.74 Å². The summed E-state index contributed by atoms with van der Waals surface area (Å²) in [5, 5.41) is 4.24. The Kier molecular flexibility index (Phi) is 7.91. The molecule has 0 radical (unpaired) electrons. The lowest BCUT2D eigenvalue weighted by atomic mass is 10.1. The van der Waals surface area contributed by atoms with Crippen LogP contribution in [0.2, 0.25) is 5.02 Å². The Hall–Kier alpha value is -0.0900. The van der Waals surface area contributed by atoms with Crippen LogP contribution < -0.4 is 5.32 Å². The Labute approximate surface area is 123 Å². The molecule has 4 heteroatoms. The van der Waals surface area contributed by atoms with Gasteiger partial charge in [-0.05, 0) is 37.1 Å². The third-order valence-electron chi connectivity index (χ3n) is 2.64. The lowest BCUT2D eigenvalue weighted by Crippen LogP contribution is -2.35. The zero-order valence-electron chi connectivity index (χ0n) is 11.0. The number of halogens is 2. The van der Waals surface area contributed by atoms with E-state index in [1.165, 1.54) is 0 Å². The summed E-state index contributed by atoms with van der Waals surface area (Å²) in [6.45, 7) is 6.71. The highest BCUT2D eigenvalue weighted by Gasteiger charge is 2.11. The van der Waals surface area contributed by atoms with Crippen molar-refractivity contribution in [3.8, 4) is 0 Å². The molecule has 18 heavy (non-hydrogen) atoms. The summed E-state index contributed by atoms with van der Waals surface area (Å²) in [4.78, 5) is 0. The molecule has 1 aromatic carbocycles. The van der Waals surface area contributed by atoms with E-state index in [0.29, 0.717) is 6.04 Å². The van der Waals surface area contributed by atoms with E-state index >= 15 is 0 Å². The molecule has 0 fully saturated rings. The molecule has 2 nitrogen and oxygen atoms in total. The van der Waals surface area contributed by atoms with Crippen LogP contribution >= 0.6 is 27.5 Å². The van der Waals surface area contributed by atoms with Gasteiger partial charge in [0.15, 0.2) is 0 Å². The van der Waals surface area contributed by atoms with Gasteiger partial charge in [0, 0.05) is 22.1 Å². The standard InChI is InChI=1S/C14H21BrClNO/c1-3-7-18-10-13(17-4-2)8-11-5-6-12(15)9-14(11)16/h5-6,9,13,17H,3-4,7-8,10H2,1-2H3. The number of rotatable bonds is 8. The van der Waals surface area contributed by atoms with E-state index in [-0.39, 0.29) is 0 Å². The topological polar surface area (TPSA) is 21.3 Å². The van der Waals surface area contributed by atoms with E-state index in [4.69, 9.17) is 16.3 Å². The van der Waals surface area contributed by atoms with Crippen LogP contribution in [0, 0.1) is 0 Å². The fraction of sp³-hybridized carbons (Fsp3) is 0.571. The van der Waals surface area contributed by atoms with Crippen molar-refractivity contribution in [3.63, 3.8) is 0 Å². The minimum absolute atomic E-state index is 0.320. The Bertz CT molecular complexity index is 360. The van der Waals surface area contributed by atoms with E-state index in [2.05, 4.69) is 41.2 Å². The van der Waals surface area contributed by atoms with E-state index < -0.39 is 0 Å². The van der Waals surface area contributed by atoms with Crippen molar-refractivity contribution >= 4 is 27.5 Å². The molecule has 0 aliphatic heterocycles. The molecule has 1 aromatic rings. The van der Waals surface area contributed by atoms with Crippen LogP contribution in [0.15, 0.2) is 22.7 Å². The highest BCUT2D eigenvalue weighted by molar-refractivity contribution is 9.10. The summed E-state index contributed by atoms with van der Waals surface area (Å²) in [5.41, 5.74) is 1.16. The molecule has 0 saturated heterocycles. The van der Waals surface area contributed by atoms with Crippen LogP contribution in [-0.2, 0) is 11.2 Å². The molecule has 1 rings (SSSR count). The molecule has 0 saturated carbocycles. The zero-order chi connectivity index (χ0) is 13.4. The van der Waals surface area contributed by atoms with Crippen molar-refractivity contribution in [1.82, 2.24) is 5.32 Å². The first-order valence-corrected chi connectivity index (χ1v) is 7.59. The Balaban J connectivity index is 2.58. The maximum absolute atomic E-state index is 6.24. The van der Waals surface area contributed by atoms with Gasteiger partial charge in [-0.25, -0.2) is 0 Å².